The largest absolute Gasteiger partial charge is 0.327 e. The van der Waals surface area contributed by atoms with Crippen LogP contribution in [0.2, 0.25) is 0 Å². The predicted molar refractivity (Wildman–Crippen MR) is 73.1 cm³/mol. The highest BCUT2D eigenvalue weighted by molar-refractivity contribution is 4.87. The zero-order chi connectivity index (χ0) is 12.4. The van der Waals surface area contributed by atoms with Crippen LogP contribution in [0.1, 0.15) is 40.0 Å². The third kappa shape index (κ3) is 3.43. The summed E-state index contributed by atoms with van der Waals surface area (Å²) in [5, 5.41) is 0. The third-order valence-electron chi connectivity index (χ3n) is 4.47. The Labute approximate surface area is 106 Å². The fourth-order valence-electron chi connectivity index (χ4n) is 3.51. The van der Waals surface area contributed by atoms with Gasteiger partial charge in [0.25, 0.3) is 0 Å². The molecule has 2 saturated heterocycles. The maximum atomic E-state index is 6.15. The molecule has 2 unspecified atom stereocenters. The van der Waals surface area contributed by atoms with Crippen molar-refractivity contribution in [2.45, 2.75) is 58.2 Å². The lowest BCUT2D eigenvalue weighted by atomic mass is 9.92. The number of piperidine rings is 2. The summed E-state index contributed by atoms with van der Waals surface area (Å²) in [7, 11) is 0. The van der Waals surface area contributed by atoms with Gasteiger partial charge < -0.3 is 10.6 Å². The Morgan fingerprint density at radius 2 is 1.76 bits per heavy atom. The summed E-state index contributed by atoms with van der Waals surface area (Å²) in [4.78, 5) is 5.26. The van der Waals surface area contributed by atoms with Gasteiger partial charge in [0.1, 0.15) is 0 Å². The van der Waals surface area contributed by atoms with Crippen molar-refractivity contribution in [1.82, 2.24) is 9.80 Å². The fourth-order valence-corrected chi connectivity index (χ4v) is 3.51. The van der Waals surface area contributed by atoms with Gasteiger partial charge in [-0.05, 0) is 52.1 Å². The molecule has 2 atom stereocenters. The molecule has 0 bridgehead atoms. The van der Waals surface area contributed by atoms with E-state index in [1.807, 2.05) is 0 Å². The lowest BCUT2D eigenvalue weighted by Gasteiger charge is -2.44. The van der Waals surface area contributed by atoms with Gasteiger partial charge in [-0.25, -0.2) is 0 Å². The van der Waals surface area contributed by atoms with E-state index in [2.05, 4.69) is 30.6 Å². The molecule has 2 aliphatic rings. The molecular formula is C14H29N3. The van der Waals surface area contributed by atoms with E-state index in [0.29, 0.717) is 12.1 Å². The standard InChI is InChI=1S/C14H29N3/c1-11(2)16-6-4-14(5-7-16)17-9-12(3)8-13(15)10-17/h11-14H,4-10,15H2,1-3H3. The van der Waals surface area contributed by atoms with Gasteiger partial charge >= 0.3 is 0 Å². The average Bonchev–Trinajstić information content (AvgIpc) is 2.28. The summed E-state index contributed by atoms with van der Waals surface area (Å²) < 4.78 is 0. The minimum Gasteiger partial charge on any atom is -0.327 e. The Morgan fingerprint density at radius 3 is 2.29 bits per heavy atom. The summed E-state index contributed by atoms with van der Waals surface area (Å²) in [6.07, 6.45) is 3.87. The van der Waals surface area contributed by atoms with Crippen molar-refractivity contribution in [2.24, 2.45) is 11.7 Å². The van der Waals surface area contributed by atoms with Crippen molar-refractivity contribution in [3.05, 3.63) is 0 Å². The maximum Gasteiger partial charge on any atom is 0.0170 e. The summed E-state index contributed by atoms with van der Waals surface area (Å²) in [5.74, 6) is 0.780. The predicted octanol–water partition coefficient (Wildman–Crippen LogP) is 1.53. The smallest absolute Gasteiger partial charge is 0.0170 e. The van der Waals surface area contributed by atoms with Crippen LogP contribution in [0.3, 0.4) is 0 Å². The number of nitrogens with zero attached hydrogens (tertiary/aromatic N) is 2. The van der Waals surface area contributed by atoms with Gasteiger partial charge in [-0.3, -0.25) is 4.90 Å². The van der Waals surface area contributed by atoms with E-state index >= 15 is 0 Å². The average molecular weight is 239 g/mol. The van der Waals surface area contributed by atoms with Crippen molar-refractivity contribution in [3.63, 3.8) is 0 Å². The molecule has 100 valence electrons. The number of nitrogens with two attached hydrogens (primary N) is 1. The molecule has 3 heteroatoms. The van der Waals surface area contributed by atoms with Crippen LogP contribution in [-0.2, 0) is 0 Å². The van der Waals surface area contributed by atoms with Gasteiger partial charge in [0, 0.05) is 31.2 Å². The van der Waals surface area contributed by atoms with Crippen LogP contribution in [0.5, 0.6) is 0 Å². The van der Waals surface area contributed by atoms with E-state index in [4.69, 9.17) is 5.73 Å². The Hall–Kier alpha value is -0.120. The molecule has 0 aromatic rings. The Kier molecular flexibility index (Phi) is 4.45. The second-order valence-corrected chi connectivity index (χ2v) is 6.42. The van der Waals surface area contributed by atoms with Crippen LogP contribution in [0, 0.1) is 5.92 Å². The summed E-state index contributed by atoms with van der Waals surface area (Å²) >= 11 is 0. The molecule has 0 aliphatic carbocycles. The maximum absolute atomic E-state index is 6.15. The zero-order valence-electron chi connectivity index (χ0n) is 11.7. The van der Waals surface area contributed by atoms with Crippen LogP contribution in [0.25, 0.3) is 0 Å². The minimum absolute atomic E-state index is 0.405. The van der Waals surface area contributed by atoms with Crippen LogP contribution in [-0.4, -0.2) is 54.1 Å². The van der Waals surface area contributed by atoms with Crippen LogP contribution < -0.4 is 5.73 Å². The molecule has 2 N–H and O–H groups in total. The van der Waals surface area contributed by atoms with Gasteiger partial charge in [0.15, 0.2) is 0 Å². The Morgan fingerprint density at radius 1 is 1.12 bits per heavy atom. The number of rotatable bonds is 2. The van der Waals surface area contributed by atoms with Gasteiger partial charge in [0.05, 0.1) is 0 Å². The Balaban J connectivity index is 1.83. The quantitative estimate of drug-likeness (QED) is 0.793. The summed E-state index contributed by atoms with van der Waals surface area (Å²) in [6, 6.07) is 1.90. The molecule has 2 heterocycles. The van der Waals surface area contributed by atoms with Crippen LogP contribution >= 0.6 is 0 Å². The van der Waals surface area contributed by atoms with Gasteiger partial charge in [-0.2, -0.15) is 0 Å². The molecular weight excluding hydrogens is 210 g/mol. The van der Waals surface area contributed by atoms with Crippen molar-refractivity contribution in [2.75, 3.05) is 26.2 Å². The van der Waals surface area contributed by atoms with Crippen molar-refractivity contribution in [3.8, 4) is 0 Å². The molecule has 0 spiro atoms. The van der Waals surface area contributed by atoms with Gasteiger partial charge in [-0.15, -0.1) is 0 Å². The van der Waals surface area contributed by atoms with Gasteiger partial charge in [-0.1, -0.05) is 6.92 Å². The SMILES string of the molecule is CC1CC(N)CN(C2CCN(C(C)C)CC2)C1. The summed E-state index contributed by atoms with van der Waals surface area (Å²) in [6.45, 7) is 11.9. The number of hydrogen-bond donors (Lipinski definition) is 1. The highest BCUT2D eigenvalue weighted by atomic mass is 15.2. The second kappa shape index (κ2) is 5.68. The van der Waals surface area contributed by atoms with E-state index in [9.17, 15) is 0 Å². The molecule has 17 heavy (non-hydrogen) atoms. The van der Waals surface area contributed by atoms with Crippen LogP contribution in [0.15, 0.2) is 0 Å². The summed E-state index contributed by atoms with van der Waals surface area (Å²) in [5.41, 5.74) is 6.15. The highest BCUT2D eigenvalue weighted by Gasteiger charge is 2.30. The lowest BCUT2D eigenvalue weighted by molar-refractivity contribution is 0.0582. The first-order chi connectivity index (χ1) is 8.06. The van der Waals surface area contributed by atoms with E-state index < -0.39 is 0 Å². The minimum atomic E-state index is 0.405. The normalized spacial score (nSPS) is 34.4. The van der Waals surface area contributed by atoms with Crippen LogP contribution in [0.4, 0.5) is 0 Å². The van der Waals surface area contributed by atoms with Gasteiger partial charge in [0.2, 0.25) is 0 Å². The molecule has 2 aliphatic heterocycles. The van der Waals surface area contributed by atoms with Crippen molar-refractivity contribution in [1.29, 1.82) is 0 Å². The topological polar surface area (TPSA) is 32.5 Å². The van der Waals surface area contributed by atoms with E-state index in [1.54, 1.807) is 0 Å². The highest BCUT2D eigenvalue weighted by Crippen LogP contribution is 2.23. The molecule has 0 amide bonds. The molecule has 0 saturated carbocycles. The first-order valence-corrected chi connectivity index (χ1v) is 7.30. The first kappa shape index (κ1) is 13.3. The molecule has 0 aromatic carbocycles. The second-order valence-electron chi connectivity index (χ2n) is 6.42. The molecule has 3 nitrogen and oxygen atoms in total. The van der Waals surface area contributed by atoms with Crippen molar-refractivity contribution < 1.29 is 0 Å². The first-order valence-electron chi connectivity index (χ1n) is 7.30. The molecule has 2 fully saturated rings. The molecule has 0 radical (unpaired) electrons. The fraction of sp³-hybridized carbons (Fsp3) is 1.00. The molecule has 0 aromatic heterocycles. The zero-order valence-corrected chi connectivity index (χ0v) is 11.7. The Bertz CT molecular complexity index is 224. The number of likely N-dealkylation sites (tertiary alicyclic amines) is 2. The van der Waals surface area contributed by atoms with Crippen molar-refractivity contribution >= 4 is 0 Å². The number of hydrogen-bond acceptors (Lipinski definition) is 3. The lowest BCUT2D eigenvalue weighted by Crippen LogP contribution is -2.54. The molecule has 2 rings (SSSR count). The van der Waals surface area contributed by atoms with E-state index in [-0.39, 0.29) is 0 Å². The van der Waals surface area contributed by atoms with E-state index in [0.717, 1.165) is 18.5 Å². The third-order valence-corrected chi connectivity index (χ3v) is 4.47. The monoisotopic (exact) mass is 239 g/mol. The van der Waals surface area contributed by atoms with E-state index in [1.165, 1.54) is 38.9 Å².